The van der Waals surface area contributed by atoms with E-state index in [1.54, 1.807) is 31.0 Å². The van der Waals surface area contributed by atoms with E-state index in [0.717, 1.165) is 24.1 Å². The van der Waals surface area contributed by atoms with E-state index in [1.807, 2.05) is 35.2 Å². The third-order valence-electron chi connectivity index (χ3n) is 4.70. The van der Waals surface area contributed by atoms with Gasteiger partial charge in [0, 0.05) is 49.6 Å². The fraction of sp³-hybridized carbons (Fsp3) is 0.286. The third kappa shape index (κ3) is 4.37. The summed E-state index contributed by atoms with van der Waals surface area (Å²) in [5, 5.41) is 0. The molecule has 0 saturated carbocycles. The number of hydrogen-bond acceptors (Lipinski definition) is 6. The maximum absolute atomic E-state index is 12.8. The fourth-order valence-electron chi connectivity index (χ4n) is 3.22. The second-order valence-electron chi connectivity index (χ2n) is 6.68. The summed E-state index contributed by atoms with van der Waals surface area (Å²) < 4.78 is 5.97. The Kier molecular flexibility index (Phi) is 5.63. The Hall–Kier alpha value is -3.19. The molecule has 1 saturated heterocycles. The summed E-state index contributed by atoms with van der Waals surface area (Å²) >= 11 is 0. The van der Waals surface area contributed by atoms with Crippen LogP contribution in [0, 0.1) is 0 Å². The second kappa shape index (κ2) is 8.67. The highest BCUT2D eigenvalue weighted by Gasteiger charge is 2.25. The van der Waals surface area contributed by atoms with Crippen molar-refractivity contribution in [1.82, 2.24) is 24.8 Å². The SMILES string of the molecule is O=C(c1cnc(-c2ccncc2)nc1)N1CCC[C@H](OCc2ccccn2)C1. The molecule has 0 aromatic carbocycles. The van der Waals surface area contributed by atoms with Crippen LogP contribution in [0.15, 0.2) is 61.3 Å². The van der Waals surface area contributed by atoms with Crippen molar-refractivity contribution in [3.63, 3.8) is 0 Å². The standard InChI is InChI=1S/C21H21N5O2/c27-21(17-12-24-20(25-13-17)16-6-9-22-10-7-16)26-11-3-5-19(14-26)28-15-18-4-1-2-8-23-18/h1-2,4,6-10,12-13,19H,3,5,11,14-15H2/t19-/m0/s1. The summed E-state index contributed by atoms with van der Waals surface area (Å²) in [4.78, 5) is 31.6. The third-order valence-corrected chi connectivity index (χ3v) is 4.70. The van der Waals surface area contributed by atoms with E-state index in [1.165, 1.54) is 0 Å². The van der Waals surface area contributed by atoms with Crippen LogP contribution < -0.4 is 0 Å². The summed E-state index contributed by atoms with van der Waals surface area (Å²) in [5.74, 6) is 0.515. The highest BCUT2D eigenvalue weighted by atomic mass is 16.5. The van der Waals surface area contributed by atoms with Gasteiger partial charge in [0.15, 0.2) is 5.82 Å². The minimum atomic E-state index is -0.0626. The second-order valence-corrected chi connectivity index (χ2v) is 6.68. The Morgan fingerprint density at radius 2 is 1.89 bits per heavy atom. The van der Waals surface area contributed by atoms with Crippen molar-refractivity contribution < 1.29 is 9.53 Å². The first-order valence-electron chi connectivity index (χ1n) is 9.33. The molecule has 1 atom stereocenters. The number of carbonyl (C=O) groups excluding carboxylic acids is 1. The molecule has 3 aromatic heterocycles. The van der Waals surface area contributed by atoms with Gasteiger partial charge in [-0.15, -0.1) is 0 Å². The lowest BCUT2D eigenvalue weighted by Crippen LogP contribution is -2.43. The summed E-state index contributed by atoms with van der Waals surface area (Å²) in [6.07, 6.45) is 10.2. The average molecular weight is 375 g/mol. The van der Waals surface area contributed by atoms with Crippen LogP contribution in [0.25, 0.3) is 11.4 Å². The number of amides is 1. The smallest absolute Gasteiger partial charge is 0.257 e. The number of aromatic nitrogens is 4. The largest absolute Gasteiger partial charge is 0.370 e. The molecule has 7 nitrogen and oxygen atoms in total. The van der Waals surface area contributed by atoms with Gasteiger partial charge in [0.2, 0.25) is 0 Å². The summed E-state index contributed by atoms with van der Waals surface area (Å²) in [6, 6.07) is 9.44. The van der Waals surface area contributed by atoms with Gasteiger partial charge in [-0.2, -0.15) is 0 Å². The monoisotopic (exact) mass is 375 g/mol. The molecule has 0 radical (unpaired) electrons. The number of ether oxygens (including phenoxy) is 1. The minimum absolute atomic E-state index is 0.0108. The van der Waals surface area contributed by atoms with Crippen LogP contribution in [0.1, 0.15) is 28.9 Å². The van der Waals surface area contributed by atoms with Crippen molar-refractivity contribution in [2.24, 2.45) is 0 Å². The van der Waals surface area contributed by atoms with Crippen LogP contribution in [-0.2, 0) is 11.3 Å². The number of pyridine rings is 2. The predicted octanol–water partition coefficient (Wildman–Crippen LogP) is 2.76. The number of piperidine rings is 1. The average Bonchev–Trinajstić information content (AvgIpc) is 2.79. The zero-order chi connectivity index (χ0) is 19.2. The van der Waals surface area contributed by atoms with Crippen molar-refractivity contribution in [3.8, 4) is 11.4 Å². The Labute approximate surface area is 163 Å². The molecule has 7 heteroatoms. The van der Waals surface area contributed by atoms with Crippen molar-refractivity contribution in [2.45, 2.75) is 25.6 Å². The van der Waals surface area contributed by atoms with Crippen LogP contribution in [-0.4, -0.2) is 49.9 Å². The van der Waals surface area contributed by atoms with Crippen LogP contribution in [0.5, 0.6) is 0 Å². The molecule has 1 aliphatic heterocycles. The van der Waals surface area contributed by atoms with E-state index in [-0.39, 0.29) is 12.0 Å². The van der Waals surface area contributed by atoms with E-state index in [2.05, 4.69) is 19.9 Å². The molecular weight excluding hydrogens is 354 g/mol. The maximum Gasteiger partial charge on any atom is 0.257 e. The predicted molar refractivity (Wildman–Crippen MR) is 103 cm³/mol. The lowest BCUT2D eigenvalue weighted by molar-refractivity contribution is -0.00787. The Morgan fingerprint density at radius 3 is 2.64 bits per heavy atom. The first kappa shape index (κ1) is 18.2. The highest BCUT2D eigenvalue weighted by molar-refractivity contribution is 5.93. The lowest BCUT2D eigenvalue weighted by Gasteiger charge is -2.32. The van der Waals surface area contributed by atoms with Gasteiger partial charge in [-0.25, -0.2) is 9.97 Å². The van der Waals surface area contributed by atoms with Crippen molar-refractivity contribution in [3.05, 3.63) is 72.6 Å². The topological polar surface area (TPSA) is 81.1 Å². The van der Waals surface area contributed by atoms with Crippen LogP contribution >= 0.6 is 0 Å². The Balaban J connectivity index is 1.37. The van der Waals surface area contributed by atoms with Gasteiger partial charge in [0.05, 0.1) is 24.0 Å². The quantitative estimate of drug-likeness (QED) is 0.682. The van der Waals surface area contributed by atoms with E-state index < -0.39 is 0 Å². The van der Waals surface area contributed by atoms with Crippen molar-refractivity contribution in [1.29, 1.82) is 0 Å². The zero-order valence-electron chi connectivity index (χ0n) is 15.4. The molecule has 142 valence electrons. The van der Waals surface area contributed by atoms with E-state index in [9.17, 15) is 4.79 Å². The molecule has 0 unspecified atom stereocenters. The molecule has 4 heterocycles. The first-order chi connectivity index (χ1) is 13.8. The Morgan fingerprint density at radius 1 is 1.07 bits per heavy atom. The molecular formula is C21H21N5O2. The molecule has 1 fully saturated rings. The first-order valence-corrected chi connectivity index (χ1v) is 9.33. The normalized spacial score (nSPS) is 16.7. The number of rotatable bonds is 5. The molecule has 0 N–H and O–H groups in total. The van der Waals surface area contributed by atoms with Crippen molar-refractivity contribution in [2.75, 3.05) is 13.1 Å². The van der Waals surface area contributed by atoms with Gasteiger partial charge < -0.3 is 9.64 Å². The number of likely N-dealkylation sites (tertiary alicyclic amines) is 1. The van der Waals surface area contributed by atoms with Gasteiger partial charge in [-0.1, -0.05) is 6.07 Å². The van der Waals surface area contributed by atoms with E-state index >= 15 is 0 Å². The number of nitrogens with zero attached hydrogens (tertiary/aromatic N) is 5. The molecule has 0 bridgehead atoms. The minimum Gasteiger partial charge on any atom is -0.370 e. The van der Waals surface area contributed by atoms with Crippen LogP contribution in [0.3, 0.4) is 0 Å². The Bertz CT molecular complexity index is 903. The molecule has 1 amide bonds. The number of carbonyl (C=O) groups is 1. The number of hydrogen-bond donors (Lipinski definition) is 0. The van der Waals surface area contributed by atoms with Crippen LogP contribution in [0.4, 0.5) is 0 Å². The van der Waals surface area contributed by atoms with Gasteiger partial charge in [0.25, 0.3) is 5.91 Å². The van der Waals surface area contributed by atoms with Gasteiger partial charge >= 0.3 is 0 Å². The highest BCUT2D eigenvalue weighted by Crippen LogP contribution is 2.18. The van der Waals surface area contributed by atoms with Crippen molar-refractivity contribution >= 4 is 5.91 Å². The fourth-order valence-corrected chi connectivity index (χ4v) is 3.22. The van der Waals surface area contributed by atoms with E-state index in [0.29, 0.717) is 31.1 Å². The van der Waals surface area contributed by atoms with Gasteiger partial charge in [0.1, 0.15) is 0 Å². The molecule has 3 aromatic rings. The summed E-state index contributed by atoms with van der Waals surface area (Å²) in [6.45, 7) is 1.74. The molecule has 0 aliphatic carbocycles. The maximum atomic E-state index is 12.8. The molecule has 4 rings (SSSR count). The summed E-state index contributed by atoms with van der Waals surface area (Å²) in [7, 11) is 0. The van der Waals surface area contributed by atoms with Crippen LogP contribution in [0.2, 0.25) is 0 Å². The zero-order valence-corrected chi connectivity index (χ0v) is 15.4. The summed E-state index contributed by atoms with van der Waals surface area (Å²) in [5.41, 5.74) is 2.25. The molecule has 0 spiro atoms. The van der Waals surface area contributed by atoms with E-state index in [4.69, 9.17) is 4.74 Å². The molecule has 1 aliphatic rings. The van der Waals surface area contributed by atoms with Gasteiger partial charge in [-0.3, -0.25) is 14.8 Å². The van der Waals surface area contributed by atoms with Gasteiger partial charge in [-0.05, 0) is 37.1 Å². The molecule has 28 heavy (non-hydrogen) atoms. The lowest BCUT2D eigenvalue weighted by atomic mass is 10.1.